The van der Waals surface area contributed by atoms with Gasteiger partial charge in [0.05, 0.1) is 23.0 Å². The second kappa shape index (κ2) is 7.11. The number of thioether (sulfide) groups is 1. The number of hydrogen-bond donors (Lipinski definition) is 0. The van der Waals surface area contributed by atoms with Crippen molar-refractivity contribution in [3.8, 4) is 6.07 Å². The van der Waals surface area contributed by atoms with Crippen molar-refractivity contribution in [2.75, 3.05) is 26.3 Å². The molecule has 1 aliphatic heterocycles. The minimum atomic E-state index is -0.429. The molecular formula is C14H15N3O3S. The van der Waals surface area contributed by atoms with E-state index in [4.69, 9.17) is 4.74 Å². The zero-order chi connectivity index (χ0) is 15.2. The van der Waals surface area contributed by atoms with E-state index >= 15 is 0 Å². The van der Waals surface area contributed by atoms with Crippen molar-refractivity contribution in [1.82, 2.24) is 4.90 Å². The zero-order valence-corrected chi connectivity index (χ0v) is 12.4. The molecule has 21 heavy (non-hydrogen) atoms. The van der Waals surface area contributed by atoms with E-state index in [1.165, 1.54) is 6.07 Å². The molecule has 0 bridgehead atoms. The van der Waals surface area contributed by atoms with Gasteiger partial charge >= 0.3 is 0 Å². The SMILES string of the molecule is CC(=C(C#N)Sc1ccccc1[N+](=O)[O-])N1CCOCC1. The Morgan fingerprint density at radius 1 is 1.43 bits per heavy atom. The van der Waals surface area contributed by atoms with Gasteiger partial charge in [0.15, 0.2) is 0 Å². The van der Waals surface area contributed by atoms with E-state index in [-0.39, 0.29) is 5.69 Å². The molecule has 0 N–H and O–H groups in total. The molecular weight excluding hydrogens is 290 g/mol. The predicted octanol–water partition coefficient (Wildman–Crippen LogP) is 2.77. The summed E-state index contributed by atoms with van der Waals surface area (Å²) in [5.74, 6) is 0. The van der Waals surface area contributed by atoms with Crippen LogP contribution in [0.3, 0.4) is 0 Å². The summed E-state index contributed by atoms with van der Waals surface area (Å²) in [5, 5.41) is 20.4. The minimum absolute atomic E-state index is 0.0185. The number of benzene rings is 1. The molecule has 0 spiro atoms. The van der Waals surface area contributed by atoms with Crippen LogP contribution in [0.1, 0.15) is 6.92 Å². The normalized spacial score (nSPS) is 16.1. The molecule has 2 rings (SSSR count). The number of nitro benzene ring substituents is 1. The van der Waals surface area contributed by atoms with Gasteiger partial charge in [-0.1, -0.05) is 23.9 Å². The molecule has 0 radical (unpaired) electrons. The third-order valence-corrected chi connectivity index (χ3v) is 4.35. The zero-order valence-electron chi connectivity index (χ0n) is 11.6. The van der Waals surface area contributed by atoms with Crippen LogP contribution in [0.25, 0.3) is 0 Å². The van der Waals surface area contributed by atoms with Gasteiger partial charge in [0.1, 0.15) is 11.0 Å². The Morgan fingerprint density at radius 2 is 2.10 bits per heavy atom. The topological polar surface area (TPSA) is 79.4 Å². The fourth-order valence-electron chi connectivity index (χ4n) is 2.02. The summed E-state index contributed by atoms with van der Waals surface area (Å²) in [6.45, 7) is 4.59. The van der Waals surface area contributed by atoms with Crippen molar-refractivity contribution in [1.29, 1.82) is 5.26 Å². The quantitative estimate of drug-likeness (QED) is 0.368. The molecule has 1 aromatic carbocycles. The maximum atomic E-state index is 11.0. The first kappa shape index (κ1) is 15.4. The van der Waals surface area contributed by atoms with Crippen molar-refractivity contribution < 1.29 is 9.66 Å². The molecule has 1 aliphatic rings. The maximum absolute atomic E-state index is 11.0. The summed E-state index contributed by atoms with van der Waals surface area (Å²) in [6, 6.07) is 8.60. The molecule has 0 aromatic heterocycles. The Hall–Kier alpha value is -2.04. The Bertz CT molecular complexity index is 604. The average molecular weight is 305 g/mol. The van der Waals surface area contributed by atoms with Crippen LogP contribution in [0, 0.1) is 21.4 Å². The summed E-state index contributed by atoms with van der Waals surface area (Å²) < 4.78 is 5.29. The number of para-hydroxylation sites is 1. The number of nitro groups is 1. The lowest BCUT2D eigenvalue weighted by Crippen LogP contribution is -2.35. The van der Waals surface area contributed by atoms with E-state index in [2.05, 4.69) is 11.0 Å². The fraction of sp³-hybridized carbons (Fsp3) is 0.357. The van der Waals surface area contributed by atoms with Gasteiger partial charge in [-0.15, -0.1) is 0 Å². The number of ether oxygens (including phenoxy) is 1. The highest BCUT2D eigenvalue weighted by Crippen LogP contribution is 2.35. The largest absolute Gasteiger partial charge is 0.378 e. The fourth-order valence-corrected chi connectivity index (χ4v) is 2.96. The molecule has 1 aromatic rings. The van der Waals surface area contributed by atoms with Crippen LogP contribution in [-0.4, -0.2) is 36.1 Å². The highest BCUT2D eigenvalue weighted by Gasteiger charge is 2.19. The molecule has 1 heterocycles. The highest BCUT2D eigenvalue weighted by atomic mass is 32.2. The average Bonchev–Trinajstić information content (AvgIpc) is 2.53. The summed E-state index contributed by atoms with van der Waals surface area (Å²) >= 11 is 1.14. The highest BCUT2D eigenvalue weighted by molar-refractivity contribution is 8.03. The van der Waals surface area contributed by atoms with Crippen molar-refractivity contribution in [2.24, 2.45) is 0 Å². The van der Waals surface area contributed by atoms with Gasteiger partial charge in [-0.2, -0.15) is 5.26 Å². The van der Waals surface area contributed by atoms with Crippen LogP contribution in [0.2, 0.25) is 0 Å². The van der Waals surface area contributed by atoms with E-state index in [1.807, 2.05) is 6.92 Å². The van der Waals surface area contributed by atoms with Crippen LogP contribution in [0.15, 0.2) is 39.8 Å². The van der Waals surface area contributed by atoms with Crippen LogP contribution in [-0.2, 0) is 4.74 Å². The third-order valence-electron chi connectivity index (χ3n) is 3.19. The van der Waals surface area contributed by atoms with Gasteiger partial charge in [0.2, 0.25) is 0 Å². The van der Waals surface area contributed by atoms with Crippen molar-refractivity contribution >= 4 is 17.4 Å². The molecule has 0 unspecified atom stereocenters. The van der Waals surface area contributed by atoms with Crippen molar-refractivity contribution in [3.63, 3.8) is 0 Å². The number of allylic oxidation sites excluding steroid dienone is 2. The number of rotatable bonds is 4. The molecule has 0 amide bonds. The lowest BCUT2D eigenvalue weighted by molar-refractivity contribution is -0.387. The van der Waals surface area contributed by atoms with Crippen molar-refractivity contribution in [3.05, 3.63) is 45.0 Å². The van der Waals surface area contributed by atoms with Crippen LogP contribution in [0.5, 0.6) is 0 Å². The number of nitriles is 1. The van der Waals surface area contributed by atoms with Gasteiger partial charge in [0, 0.05) is 24.9 Å². The van der Waals surface area contributed by atoms with Crippen LogP contribution in [0.4, 0.5) is 5.69 Å². The van der Waals surface area contributed by atoms with Gasteiger partial charge in [-0.3, -0.25) is 10.1 Å². The predicted molar refractivity (Wildman–Crippen MR) is 79.7 cm³/mol. The van der Waals surface area contributed by atoms with Gasteiger partial charge in [-0.25, -0.2) is 0 Å². The second-order valence-corrected chi connectivity index (χ2v) is 5.50. The summed E-state index contributed by atoms with van der Waals surface area (Å²) in [6.07, 6.45) is 0. The number of nitrogens with zero attached hydrogens (tertiary/aromatic N) is 3. The van der Waals surface area contributed by atoms with Crippen molar-refractivity contribution in [2.45, 2.75) is 11.8 Å². The van der Waals surface area contributed by atoms with E-state index < -0.39 is 4.92 Å². The molecule has 1 fully saturated rings. The second-order valence-electron chi connectivity index (χ2n) is 4.45. The van der Waals surface area contributed by atoms with E-state index in [0.717, 1.165) is 30.5 Å². The summed E-state index contributed by atoms with van der Waals surface area (Å²) in [4.78, 5) is 13.6. The molecule has 1 saturated heterocycles. The Kier molecular flexibility index (Phi) is 5.20. The van der Waals surface area contributed by atoms with Gasteiger partial charge in [-0.05, 0) is 13.0 Å². The van der Waals surface area contributed by atoms with Gasteiger partial charge < -0.3 is 9.64 Å². The smallest absolute Gasteiger partial charge is 0.283 e. The molecule has 6 nitrogen and oxygen atoms in total. The standard InChI is InChI=1S/C14H15N3O3S/c1-11(16-6-8-20-9-7-16)14(10-15)21-13-5-3-2-4-12(13)17(18)19/h2-5H,6-9H2,1H3. The first-order valence-electron chi connectivity index (χ1n) is 6.48. The maximum Gasteiger partial charge on any atom is 0.283 e. The Morgan fingerprint density at radius 3 is 2.71 bits per heavy atom. The van der Waals surface area contributed by atoms with Gasteiger partial charge in [0.25, 0.3) is 5.69 Å². The summed E-state index contributed by atoms with van der Waals surface area (Å²) in [5.41, 5.74) is 0.856. The first-order chi connectivity index (χ1) is 10.1. The Labute approximate surface area is 127 Å². The first-order valence-corrected chi connectivity index (χ1v) is 7.30. The molecule has 0 aliphatic carbocycles. The van der Waals surface area contributed by atoms with Crippen LogP contribution < -0.4 is 0 Å². The third kappa shape index (κ3) is 3.74. The Balaban J connectivity index is 2.27. The molecule has 0 atom stereocenters. The number of hydrogen-bond acceptors (Lipinski definition) is 6. The van der Waals surface area contributed by atoms with E-state index in [9.17, 15) is 15.4 Å². The lowest BCUT2D eigenvalue weighted by Gasteiger charge is -2.29. The van der Waals surface area contributed by atoms with E-state index in [1.54, 1.807) is 18.2 Å². The molecule has 110 valence electrons. The molecule has 0 saturated carbocycles. The molecule has 7 heteroatoms. The number of morpholine rings is 1. The van der Waals surface area contributed by atoms with Crippen LogP contribution >= 0.6 is 11.8 Å². The lowest BCUT2D eigenvalue weighted by atomic mass is 10.3. The minimum Gasteiger partial charge on any atom is -0.378 e. The van der Waals surface area contributed by atoms with E-state index in [0.29, 0.717) is 23.0 Å². The monoisotopic (exact) mass is 305 g/mol. The summed E-state index contributed by atoms with van der Waals surface area (Å²) in [7, 11) is 0.